The molecule has 0 aromatic heterocycles. The number of fused-ring (bicyclic) bond motifs is 1. The maximum absolute atomic E-state index is 13.0. The van der Waals surface area contributed by atoms with Crippen LogP contribution >= 0.6 is 0 Å². The molecule has 0 spiro atoms. The molecule has 1 aromatic carbocycles. The molecule has 132 valence electrons. The number of hydrogen-bond acceptors (Lipinski definition) is 5. The number of benzene rings is 1. The molecule has 26 heavy (non-hydrogen) atoms. The van der Waals surface area contributed by atoms with Gasteiger partial charge in [0.25, 0.3) is 0 Å². The Labute approximate surface area is 153 Å². The largest absolute Gasteiger partial charge is 0.464 e. The lowest BCUT2D eigenvalue weighted by Crippen LogP contribution is -2.49. The SMILES string of the molecule is CCOC(=O)[C@]1(C#N)C(N)=C(C#N)C2=CCCC[C@@H]2[C@H]1c1ccccc1. The molecule has 5 nitrogen and oxygen atoms in total. The smallest absolute Gasteiger partial charge is 0.333 e. The lowest BCUT2D eigenvalue weighted by Gasteiger charge is -2.45. The van der Waals surface area contributed by atoms with Crippen LogP contribution in [-0.2, 0) is 9.53 Å². The quantitative estimate of drug-likeness (QED) is 0.845. The second-order valence-electron chi connectivity index (χ2n) is 6.63. The third-order valence-electron chi connectivity index (χ3n) is 5.38. The third kappa shape index (κ3) is 2.48. The number of hydrogen-bond donors (Lipinski definition) is 1. The van der Waals surface area contributed by atoms with Crippen molar-refractivity contribution in [1.29, 1.82) is 10.5 Å². The van der Waals surface area contributed by atoms with Crippen LogP contribution in [0.25, 0.3) is 0 Å². The first kappa shape index (κ1) is 17.8. The van der Waals surface area contributed by atoms with Crippen LogP contribution in [0.3, 0.4) is 0 Å². The zero-order chi connectivity index (χ0) is 18.7. The summed E-state index contributed by atoms with van der Waals surface area (Å²) < 4.78 is 5.27. The highest BCUT2D eigenvalue weighted by atomic mass is 16.5. The molecule has 2 aliphatic rings. The summed E-state index contributed by atoms with van der Waals surface area (Å²) in [6, 6.07) is 13.8. The van der Waals surface area contributed by atoms with Crippen molar-refractivity contribution in [2.75, 3.05) is 6.61 Å². The lowest BCUT2D eigenvalue weighted by molar-refractivity contribution is -0.152. The van der Waals surface area contributed by atoms with Gasteiger partial charge in [-0.2, -0.15) is 10.5 Å². The van der Waals surface area contributed by atoms with Gasteiger partial charge in [0.1, 0.15) is 6.07 Å². The number of rotatable bonds is 3. The predicted octanol–water partition coefficient (Wildman–Crippen LogP) is 3.32. The summed E-state index contributed by atoms with van der Waals surface area (Å²) >= 11 is 0. The van der Waals surface area contributed by atoms with Gasteiger partial charge in [0, 0.05) is 5.92 Å². The van der Waals surface area contributed by atoms with Crippen molar-refractivity contribution < 1.29 is 9.53 Å². The van der Waals surface area contributed by atoms with E-state index in [4.69, 9.17) is 10.5 Å². The first-order valence-corrected chi connectivity index (χ1v) is 8.86. The van der Waals surface area contributed by atoms with Crippen LogP contribution in [0.5, 0.6) is 0 Å². The Kier molecular flexibility index (Phi) is 4.82. The molecule has 0 heterocycles. The van der Waals surface area contributed by atoms with Gasteiger partial charge in [0.05, 0.1) is 23.9 Å². The molecule has 3 rings (SSSR count). The van der Waals surface area contributed by atoms with Gasteiger partial charge in [-0.05, 0) is 43.2 Å². The summed E-state index contributed by atoms with van der Waals surface area (Å²) in [5, 5.41) is 19.9. The highest BCUT2D eigenvalue weighted by Crippen LogP contribution is 2.56. The summed E-state index contributed by atoms with van der Waals surface area (Å²) in [7, 11) is 0. The van der Waals surface area contributed by atoms with Gasteiger partial charge < -0.3 is 10.5 Å². The number of carbonyl (C=O) groups excluding carboxylic acids is 1. The van der Waals surface area contributed by atoms with Gasteiger partial charge in [0.15, 0.2) is 0 Å². The molecule has 0 saturated carbocycles. The molecule has 0 aliphatic heterocycles. The number of esters is 1. The average molecular weight is 347 g/mol. The van der Waals surface area contributed by atoms with Crippen molar-refractivity contribution in [3.05, 3.63) is 58.8 Å². The van der Waals surface area contributed by atoms with E-state index in [0.717, 1.165) is 30.4 Å². The minimum atomic E-state index is -1.69. The number of ether oxygens (including phenoxy) is 1. The molecule has 0 unspecified atom stereocenters. The van der Waals surface area contributed by atoms with Crippen LogP contribution in [0, 0.1) is 34.0 Å². The molecule has 0 amide bonds. The summed E-state index contributed by atoms with van der Waals surface area (Å²) in [6.45, 7) is 1.84. The topological polar surface area (TPSA) is 99.9 Å². The zero-order valence-electron chi connectivity index (χ0n) is 14.7. The Bertz CT molecular complexity index is 857. The first-order valence-electron chi connectivity index (χ1n) is 8.86. The molecule has 0 saturated heterocycles. The van der Waals surface area contributed by atoms with Gasteiger partial charge in [-0.25, -0.2) is 4.79 Å². The van der Waals surface area contributed by atoms with Gasteiger partial charge in [0.2, 0.25) is 5.41 Å². The fourth-order valence-corrected chi connectivity index (χ4v) is 4.28. The minimum Gasteiger partial charge on any atom is -0.464 e. The van der Waals surface area contributed by atoms with Crippen LogP contribution < -0.4 is 5.73 Å². The summed E-state index contributed by atoms with van der Waals surface area (Å²) in [6.07, 6.45) is 4.64. The Balaban J connectivity index is 2.34. The van der Waals surface area contributed by atoms with E-state index in [2.05, 4.69) is 12.1 Å². The van der Waals surface area contributed by atoms with Crippen molar-refractivity contribution in [1.82, 2.24) is 0 Å². The number of nitrogens with zero attached hydrogens (tertiary/aromatic N) is 2. The van der Waals surface area contributed by atoms with E-state index in [9.17, 15) is 15.3 Å². The standard InChI is InChI=1S/C21H21N3O2/c1-2-26-20(25)21(13-23)18(14-8-4-3-5-9-14)16-11-7-6-10-15(16)17(12-22)19(21)24/h3-5,8-10,16,18H,2,6-7,11,24H2,1H3/t16-,18+,21-/m0/s1. The third-order valence-corrected chi connectivity index (χ3v) is 5.38. The van der Waals surface area contributed by atoms with Gasteiger partial charge >= 0.3 is 5.97 Å². The maximum atomic E-state index is 13.0. The van der Waals surface area contributed by atoms with Crippen LogP contribution in [0.2, 0.25) is 0 Å². The Morgan fingerprint density at radius 2 is 2.08 bits per heavy atom. The van der Waals surface area contributed by atoms with E-state index in [1.165, 1.54) is 0 Å². The second kappa shape index (κ2) is 7.06. The molecule has 0 bridgehead atoms. The molecule has 2 aliphatic carbocycles. The monoisotopic (exact) mass is 347 g/mol. The Morgan fingerprint density at radius 1 is 1.35 bits per heavy atom. The molecule has 2 N–H and O–H groups in total. The van der Waals surface area contributed by atoms with Gasteiger partial charge in [-0.1, -0.05) is 36.4 Å². The highest BCUT2D eigenvalue weighted by molar-refractivity contribution is 5.87. The molecular weight excluding hydrogens is 326 g/mol. The number of carbonyl (C=O) groups is 1. The predicted molar refractivity (Wildman–Crippen MR) is 96.1 cm³/mol. The Morgan fingerprint density at radius 3 is 2.69 bits per heavy atom. The zero-order valence-corrected chi connectivity index (χ0v) is 14.7. The van der Waals surface area contributed by atoms with E-state index in [1.54, 1.807) is 6.92 Å². The molecule has 1 aromatic rings. The molecule has 5 heteroatoms. The maximum Gasteiger partial charge on any atom is 0.333 e. The van der Waals surface area contributed by atoms with Crippen molar-refractivity contribution >= 4 is 5.97 Å². The van der Waals surface area contributed by atoms with Crippen molar-refractivity contribution in [3.63, 3.8) is 0 Å². The molecule has 0 fully saturated rings. The van der Waals surface area contributed by atoms with E-state index in [-0.39, 0.29) is 23.8 Å². The Hall–Kier alpha value is -3.05. The van der Waals surface area contributed by atoms with Crippen molar-refractivity contribution in [2.45, 2.75) is 32.1 Å². The van der Waals surface area contributed by atoms with Crippen LogP contribution in [0.15, 0.2) is 53.3 Å². The minimum absolute atomic E-state index is 0.0132. The first-order chi connectivity index (χ1) is 12.6. The normalized spacial score (nSPS) is 27.6. The van der Waals surface area contributed by atoms with Gasteiger partial charge in [-0.15, -0.1) is 0 Å². The number of allylic oxidation sites excluding steroid dienone is 3. The van der Waals surface area contributed by atoms with E-state index in [1.807, 2.05) is 36.4 Å². The van der Waals surface area contributed by atoms with Crippen LogP contribution in [0.4, 0.5) is 0 Å². The van der Waals surface area contributed by atoms with E-state index >= 15 is 0 Å². The van der Waals surface area contributed by atoms with Gasteiger partial charge in [-0.3, -0.25) is 0 Å². The lowest BCUT2D eigenvalue weighted by atomic mass is 9.56. The molecule has 3 atom stereocenters. The summed E-state index contributed by atoms with van der Waals surface area (Å²) in [5.74, 6) is -1.26. The van der Waals surface area contributed by atoms with E-state index in [0.29, 0.717) is 0 Å². The van der Waals surface area contributed by atoms with Crippen LogP contribution in [0.1, 0.15) is 37.7 Å². The fraction of sp³-hybridized carbons (Fsp3) is 0.381. The summed E-state index contributed by atoms with van der Waals surface area (Å²) in [4.78, 5) is 13.0. The van der Waals surface area contributed by atoms with Crippen molar-refractivity contribution in [2.24, 2.45) is 17.1 Å². The average Bonchev–Trinajstić information content (AvgIpc) is 2.68. The van der Waals surface area contributed by atoms with Crippen LogP contribution in [-0.4, -0.2) is 12.6 Å². The second-order valence-corrected chi connectivity index (χ2v) is 6.63. The van der Waals surface area contributed by atoms with Crippen molar-refractivity contribution in [3.8, 4) is 12.1 Å². The number of nitrogens with two attached hydrogens (primary N) is 1. The number of nitriles is 2. The molecular formula is C21H21N3O2. The summed E-state index contributed by atoms with van der Waals surface area (Å²) in [5.41, 5.74) is 6.64. The molecule has 0 radical (unpaired) electrons. The fourth-order valence-electron chi connectivity index (χ4n) is 4.28. The highest BCUT2D eigenvalue weighted by Gasteiger charge is 2.58. The van der Waals surface area contributed by atoms with E-state index < -0.39 is 17.3 Å².